The second-order valence-electron chi connectivity index (χ2n) is 5.07. The predicted octanol–water partition coefficient (Wildman–Crippen LogP) is 3.59. The van der Waals surface area contributed by atoms with E-state index in [9.17, 15) is 0 Å². The Labute approximate surface area is 89.7 Å². The van der Waals surface area contributed by atoms with Crippen LogP contribution in [0.3, 0.4) is 0 Å². The van der Waals surface area contributed by atoms with Gasteiger partial charge in [0.1, 0.15) is 0 Å². The molecule has 0 spiro atoms. The predicted molar refractivity (Wildman–Crippen MR) is 63.5 cm³/mol. The molecule has 0 amide bonds. The molecule has 1 aliphatic carbocycles. The summed E-state index contributed by atoms with van der Waals surface area (Å²) in [6, 6.07) is 0.705. The molecule has 1 nitrogen and oxygen atoms in total. The van der Waals surface area contributed by atoms with Crippen LogP contribution in [0.4, 0.5) is 0 Å². The Bertz CT molecular complexity index is 138. The van der Waals surface area contributed by atoms with Gasteiger partial charge in [-0.15, -0.1) is 0 Å². The minimum atomic E-state index is 0.705. The van der Waals surface area contributed by atoms with Gasteiger partial charge in [0, 0.05) is 6.04 Å². The smallest absolute Gasteiger partial charge is 0.00412 e. The van der Waals surface area contributed by atoms with Gasteiger partial charge in [-0.3, -0.25) is 0 Å². The van der Waals surface area contributed by atoms with E-state index in [0.717, 1.165) is 18.4 Å². The zero-order valence-corrected chi connectivity index (χ0v) is 10.2. The zero-order chi connectivity index (χ0) is 10.4. The fraction of sp³-hybridized carbons (Fsp3) is 1.00. The van der Waals surface area contributed by atoms with Gasteiger partial charge < -0.3 is 5.32 Å². The lowest BCUT2D eigenvalue weighted by Gasteiger charge is -2.29. The molecular formula is C13H27N. The van der Waals surface area contributed by atoms with Crippen LogP contribution in [0.1, 0.15) is 59.3 Å². The SMILES string of the molecule is CCNC(C)CC(C)C1CCCCC1. The first-order valence-electron chi connectivity index (χ1n) is 6.47. The molecule has 1 N–H and O–H groups in total. The largest absolute Gasteiger partial charge is 0.315 e. The van der Waals surface area contributed by atoms with Crippen LogP contribution >= 0.6 is 0 Å². The van der Waals surface area contributed by atoms with Crippen molar-refractivity contribution in [3.8, 4) is 0 Å². The number of hydrogen-bond acceptors (Lipinski definition) is 1. The highest BCUT2D eigenvalue weighted by Gasteiger charge is 2.21. The van der Waals surface area contributed by atoms with Crippen LogP contribution in [0.25, 0.3) is 0 Å². The third kappa shape index (κ3) is 4.00. The molecule has 84 valence electrons. The summed E-state index contributed by atoms with van der Waals surface area (Å²) < 4.78 is 0. The first kappa shape index (κ1) is 12.0. The topological polar surface area (TPSA) is 12.0 Å². The third-order valence-corrected chi connectivity index (χ3v) is 3.73. The Balaban J connectivity index is 2.21. The minimum absolute atomic E-state index is 0.705. The van der Waals surface area contributed by atoms with E-state index in [1.54, 1.807) is 0 Å². The van der Waals surface area contributed by atoms with Gasteiger partial charge in [0.25, 0.3) is 0 Å². The van der Waals surface area contributed by atoms with Crippen molar-refractivity contribution >= 4 is 0 Å². The standard InChI is InChI=1S/C13H27N/c1-4-14-12(3)10-11(2)13-8-6-5-7-9-13/h11-14H,4-10H2,1-3H3. The summed E-state index contributed by atoms with van der Waals surface area (Å²) >= 11 is 0. The fourth-order valence-electron chi connectivity index (χ4n) is 2.89. The van der Waals surface area contributed by atoms with Gasteiger partial charge >= 0.3 is 0 Å². The average molecular weight is 197 g/mol. The van der Waals surface area contributed by atoms with Crippen LogP contribution < -0.4 is 5.32 Å². The Morgan fingerprint density at radius 3 is 2.36 bits per heavy atom. The molecule has 0 heterocycles. The average Bonchev–Trinajstić information content (AvgIpc) is 2.19. The van der Waals surface area contributed by atoms with E-state index < -0.39 is 0 Å². The maximum atomic E-state index is 3.52. The molecule has 1 heteroatoms. The van der Waals surface area contributed by atoms with E-state index in [-0.39, 0.29) is 0 Å². The molecule has 2 unspecified atom stereocenters. The van der Waals surface area contributed by atoms with Crippen LogP contribution in [-0.2, 0) is 0 Å². The molecule has 0 radical (unpaired) electrons. The summed E-state index contributed by atoms with van der Waals surface area (Å²) in [5.41, 5.74) is 0. The molecule has 0 saturated heterocycles. The van der Waals surface area contributed by atoms with E-state index in [2.05, 4.69) is 26.1 Å². The van der Waals surface area contributed by atoms with Gasteiger partial charge in [-0.1, -0.05) is 46.0 Å². The van der Waals surface area contributed by atoms with E-state index in [0.29, 0.717) is 6.04 Å². The summed E-state index contributed by atoms with van der Waals surface area (Å²) in [4.78, 5) is 0. The van der Waals surface area contributed by atoms with Gasteiger partial charge in [-0.25, -0.2) is 0 Å². The van der Waals surface area contributed by atoms with Crippen molar-refractivity contribution in [2.75, 3.05) is 6.54 Å². The Morgan fingerprint density at radius 2 is 1.79 bits per heavy atom. The molecule has 0 bridgehead atoms. The fourth-order valence-corrected chi connectivity index (χ4v) is 2.89. The van der Waals surface area contributed by atoms with Crippen molar-refractivity contribution in [3.63, 3.8) is 0 Å². The van der Waals surface area contributed by atoms with Crippen molar-refractivity contribution < 1.29 is 0 Å². The second-order valence-corrected chi connectivity index (χ2v) is 5.07. The Hall–Kier alpha value is -0.0400. The quantitative estimate of drug-likeness (QED) is 0.710. The maximum Gasteiger partial charge on any atom is 0.00412 e. The van der Waals surface area contributed by atoms with Crippen molar-refractivity contribution in [1.29, 1.82) is 0 Å². The molecule has 14 heavy (non-hydrogen) atoms. The van der Waals surface area contributed by atoms with Crippen LogP contribution in [-0.4, -0.2) is 12.6 Å². The summed E-state index contributed by atoms with van der Waals surface area (Å²) in [7, 11) is 0. The maximum absolute atomic E-state index is 3.52. The lowest BCUT2D eigenvalue weighted by atomic mass is 9.78. The van der Waals surface area contributed by atoms with Crippen molar-refractivity contribution in [2.24, 2.45) is 11.8 Å². The highest BCUT2D eigenvalue weighted by molar-refractivity contribution is 4.74. The lowest BCUT2D eigenvalue weighted by Crippen LogP contribution is -2.29. The molecule has 1 fully saturated rings. The monoisotopic (exact) mass is 197 g/mol. The number of hydrogen-bond donors (Lipinski definition) is 1. The van der Waals surface area contributed by atoms with Gasteiger partial charge in [0.2, 0.25) is 0 Å². The van der Waals surface area contributed by atoms with Crippen LogP contribution in [0, 0.1) is 11.8 Å². The summed E-state index contributed by atoms with van der Waals surface area (Å²) in [6.45, 7) is 8.08. The normalized spacial score (nSPS) is 23.4. The second kappa shape index (κ2) is 6.44. The molecule has 0 aliphatic heterocycles. The van der Waals surface area contributed by atoms with E-state index >= 15 is 0 Å². The highest BCUT2D eigenvalue weighted by Crippen LogP contribution is 2.31. The van der Waals surface area contributed by atoms with Crippen LogP contribution in [0.2, 0.25) is 0 Å². The first-order valence-corrected chi connectivity index (χ1v) is 6.47. The van der Waals surface area contributed by atoms with Crippen molar-refractivity contribution in [3.05, 3.63) is 0 Å². The molecule has 1 saturated carbocycles. The molecule has 1 aliphatic rings. The van der Waals surface area contributed by atoms with Gasteiger partial charge in [-0.2, -0.15) is 0 Å². The molecule has 0 aromatic heterocycles. The van der Waals surface area contributed by atoms with Gasteiger partial charge in [-0.05, 0) is 31.7 Å². The molecule has 0 aromatic carbocycles. The van der Waals surface area contributed by atoms with Gasteiger partial charge in [0.05, 0.1) is 0 Å². The molecule has 0 aromatic rings. The number of rotatable bonds is 5. The first-order chi connectivity index (χ1) is 6.74. The molecule has 1 rings (SSSR count). The molecule has 2 atom stereocenters. The summed E-state index contributed by atoms with van der Waals surface area (Å²) in [5, 5.41) is 3.52. The van der Waals surface area contributed by atoms with Crippen LogP contribution in [0.15, 0.2) is 0 Å². The minimum Gasteiger partial charge on any atom is -0.315 e. The highest BCUT2D eigenvalue weighted by atomic mass is 14.9. The third-order valence-electron chi connectivity index (χ3n) is 3.73. The van der Waals surface area contributed by atoms with E-state index in [1.807, 2.05) is 0 Å². The number of nitrogens with one attached hydrogen (secondary N) is 1. The van der Waals surface area contributed by atoms with Gasteiger partial charge in [0.15, 0.2) is 0 Å². The Morgan fingerprint density at radius 1 is 1.14 bits per heavy atom. The van der Waals surface area contributed by atoms with E-state index in [1.165, 1.54) is 38.5 Å². The summed E-state index contributed by atoms with van der Waals surface area (Å²) in [5.74, 6) is 1.94. The van der Waals surface area contributed by atoms with Crippen molar-refractivity contribution in [1.82, 2.24) is 5.32 Å². The molecular weight excluding hydrogens is 170 g/mol. The van der Waals surface area contributed by atoms with Crippen molar-refractivity contribution in [2.45, 2.75) is 65.3 Å². The zero-order valence-electron chi connectivity index (χ0n) is 10.2. The van der Waals surface area contributed by atoms with E-state index in [4.69, 9.17) is 0 Å². The Kier molecular flexibility index (Phi) is 5.54. The van der Waals surface area contributed by atoms with Crippen LogP contribution in [0.5, 0.6) is 0 Å². The summed E-state index contributed by atoms with van der Waals surface area (Å²) in [6.07, 6.45) is 8.76. The lowest BCUT2D eigenvalue weighted by molar-refractivity contribution is 0.237.